The maximum atomic E-state index is 12.3. The predicted octanol–water partition coefficient (Wildman–Crippen LogP) is 1.49. The highest BCUT2D eigenvalue weighted by molar-refractivity contribution is 5.91. The Labute approximate surface area is 161 Å². The van der Waals surface area contributed by atoms with Crippen LogP contribution in [0.1, 0.15) is 15.9 Å². The van der Waals surface area contributed by atoms with Crippen molar-refractivity contribution >= 4 is 11.9 Å². The van der Waals surface area contributed by atoms with Gasteiger partial charge in [-0.1, -0.05) is 24.3 Å². The normalized spacial score (nSPS) is 10.4. The van der Waals surface area contributed by atoms with Crippen molar-refractivity contribution in [2.75, 3.05) is 20.8 Å². The molecule has 0 radical (unpaired) electrons. The molecule has 144 valence electrons. The fourth-order valence-corrected chi connectivity index (χ4v) is 2.55. The lowest BCUT2D eigenvalue weighted by Crippen LogP contribution is -2.31. The third-order valence-electron chi connectivity index (χ3n) is 4.05. The highest BCUT2D eigenvalue weighted by Crippen LogP contribution is 2.18. The second-order valence-electron chi connectivity index (χ2n) is 5.94. The first-order chi connectivity index (χ1) is 13.6. The van der Waals surface area contributed by atoms with Gasteiger partial charge in [-0.3, -0.25) is 4.79 Å². The minimum Gasteiger partial charge on any atom is -0.496 e. The van der Waals surface area contributed by atoms with Crippen molar-refractivity contribution in [3.8, 4) is 11.4 Å². The highest BCUT2D eigenvalue weighted by Gasteiger charge is 2.16. The molecule has 1 aromatic heterocycles. The van der Waals surface area contributed by atoms with Crippen LogP contribution in [0.2, 0.25) is 0 Å². The summed E-state index contributed by atoms with van der Waals surface area (Å²) in [6, 6.07) is 14.0. The second-order valence-corrected chi connectivity index (χ2v) is 5.94. The second kappa shape index (κ2) is 8.76. The lowest BCUT2D eigenvalue weighted by atomic mass is 10.2. The number of tetrazole rings is 1. The standard InChI is InChI=1S/C19H19N5O4/c1-23(11-15-6-3-4-9-17(15)27-2)18(25)12-28-19(26)14-7-5-8-16(10-14)24-13-20-21-22-24/h3-10,13H,11-12H2,1-2H3. The van der Waals surface area contributed by atoms with Gasteiger partial charge in [0.1, 0.15) is 12.1 Å². The lowest BCUT2D eigenvalue weighted by Gasteiger charge is -2.18. The first kappa shape index (κ1) is 19.0. The largest absolute Gasteiger partial charge is 0.496 e. The average Bonchev–Trinajstić information content (AvgIpc) is 3.27. The number of carbonyl (C=O) groups excluding carboxylic acids is 2. The topological polar surface area (TPSA) is 99.4 Å². The maximum absolute atomic E-state index is 12.3. The minimum atomic E-state index is -0.603. The summed E-state index contributed by atoms with van der Waals surface area (Å²) < 4.78 is 11.9. The molecule has 0 saturated heterocycles. The fraction of sp³-hybridized carbons (Fsp3) is 0.211. The molecule has 0 spiro atoms. The van der Waals surface area contributed by atoms with E-state index < -0.39 is 5.97 Å². The number of para-hydroxylation sites is 1. The van der Waals surface area contributed by atoms with Crippen LogP contribution >= 0.6 is 0 Å². The number of benzene rings is 2. The number of hydrogen-bond acceptors (Lipinski definition) is 7. The van der Waals surface area contributed by atoms with E-state index in [9.17, 15) is 9.59 Å². The van der Waals surface area contributed by atoms with E-state index in [4.69, 9.17) is 9.47 Å². The Bertz CT molecular complexity index is 958. The van der Waals surface area contributed by atoms with Crippen molar-refractivity contribution in [2.45, 2.75) is 6.54 Å². The molecule has 0 atom stereocenters. The molecule has 3 rings (SSSR count). The van der Waals surface area contributed by atoms with Gasteiger partial charge in [-0.15, -0.1) is 5.10 Å². The van der Waals surface area contributed by atoms with Crippen LogP contribution in [-0.2, 0) is 16.1 Å². The number of aromatic nitrogens is 4. The average molecular weight is 381 g/mol. The smallest absolute Gasteiger partial charge is 0.338 e. The molecule has 0 bridgehead atoms. The Balaban J connectivity index is 1.58. The van der Waals surface area contributed by atoms with Gasteiger partial charge in [-0.25, -0.2) is 9.48 Å². The van der Waals surface area contributed by atoms with Gasteiger partial charge in [0.15, 0.2) is 6.61 Å². The Morgan fingerprint density at radius 1 is 1.14 bits per heavy atom. The molecule has 0 fully saturated rings. The van der Waals surface area contributed by atoms with E-state index in [1.54, 1.807) is 38.4 Å². The fourth-order valence-electron chi connectivity index (χ4n) is 2.55. The number of rotatable bonds is 7. The zero-order chi connectivity index (χ0) is 19.9. The van der Waals surface area contributed by atoms with E-state index in [0.29, 0.717) is 23.5 Å². The summed E-state index contributed by atoms with van der Waals surface area (Å²) in [7, 11) is 3.22. The van der Waals surface area contributed by atoms with Gasteiger partial charge in [0.25, 0.3) is 5.91 Å². The van der Waals surface area contributed by atoms with Crippen molar-refractivity contribution in [1.82, 2.24) is 25.1 Å². The van der Waals surface area contributed by atoms with Crippen molar-refractivity contribution in [3.63, 3.8) is 0 Å². The van der Waals surface area contributed by atoms with Crippen LogP contribution in [-0.4, -0.2) is 57.7 Å². The van der Waals surface area contributed by atoms with E-state index >= 15 is 0 Å². The maximum Gasteiger partial charge on any atom is 0.338 e. The van der Waals surface area contributed by atoms with Gasteiger partial charge in [-0.05, 0) is 34.7 Å². The van der Waals surface area contributed by atoms with Crippen molar-refractivity contribution in [3.05, 3.63) is 66.0 Å². The first-order valence-corrected chi connectivity index (χ1v) is 8.45. The van der Waals surface area contributed by atoms with Crippen LogP contribution in [0, 0.1) is 0 Å². The quantitative estimate of drug-likeness (QED) is 0.572. The zero-order valence-corrected chi connectivity index (χ0v) is 15.5. The van der Waals surface area contributed by atoms with Gasteiger partial charge in [0, 0.05) is 19.2 Å². The molecule has 3 aromatic rings. The van der Waals surface area contributed by atoms with E-state index in [1.165, 1.54) is 15.9 Å². The summed E-state index contributed by atoms with van der Waals surface area (Å²) in [6.45, 7) is -0.0191. The Kier molecular flexibility index (Phi) is 5.95. The van der Waals surface area contributed by atoms with Crippen LogP contribution in [0.25, 0.3) is 5.69 Å². The Morgan fingerprint density at radius 3 is 2.71 bits per heavy atom. The molecule has 0 saturated carbocycles. The molecule has 2 aromatic carbocycles. The zero-order valence-electron chi connectivity index (χ0n) is 15.5. The monoisotopic (exact) mass is 381 g/mol. The first-order valence-electron chi connectivity index (χ1n) is 8.45. The molecule has 0 N–H and O–H groups in total. The predicted molar refractivity (Wildman–Crippen MR) is 98.9 cm³/mol. The van der Waals surface area contributed by atoms with Gasteiger partial charge in [0.05, 0.1) is 18.4 Å². The number of carbonyl (C=O) groups is 2. The van der Waals surface area contributed by atoms with Crippen LogP contribution in [0.4, 0.5) is 0 Å². The SMILES string of the molecule is COc1ccccc1CN(C)C(=O)COC(=O)c1cccc(-n2cnnn2)c1. The van der Waals surface area contributed by atoms with E-state index in [1.807, 2.05) is 24.3 Å². The molecule has 9 heteroatoms. The molecule has 1 heterocycles. The highest BCUT2D eigenvalue weighted by atomic mass is 16.5. The molecule has 0 aliphatic rings. The van der Waals surface area contributed by atoms with Crippen LogP contribution in [0.5, 0.6) is 5.75 Å². The van der Waals surface area contributed by atoms with Crippen LogP contribution in [0.15, 0.2) is 54.9 Å². The number of likely N-dealkylation sites (N-methyl/N-ethyl adjacent to an activating group) is 1. The third kappa shape index (κ3) is 4.50. The van der Waals surface area contributed by atoms with Gasteiger partial charge in [-0.2, -0.15) is 0 Å². The summed E-state index contributed by atoms with van der Waals surface area (Å²) in [5.74, 6) is -0.233. The Morgan fingerprint density at radius 2 is 1.96 bits per heavy atom. The van der Waals surface area contributed by atoms with E-state index in [-0.39, 0.29) is 12.5 Å². The summed E-state index contributed by atoms with van der Waals surface area (Å²) in [6.07, 6.45) is 1.42. The number of nitrogens with zero attached hydrogens (tertiary/aromatic N) is 5. The summed E-state index contributed by atoms with van der Waals surface area (Å²) >= 11 is 0. The van der Waals surface area contributed by atoms with Crippen LogP contribution < -0.4 is 4.74 Å². The molecule has 0 aliphatic carbocycles. The molecule has 0 aliphatic heterocycles. The number of amides is 1. The lowest BCUT2D eigenvalue weighted by molar-refractivity contribution is -0.133. The minimum absolute atomic E-state index is 0.299. The molecule has 9 nitrogen and oxygen atoms in total. The molecule has 28 heavy (non-hydrogen) atoms. The number of esters is 1. The third-order valence-corrected chi connectivity index (χ3v) is 4.05. The molecule has 1 amide bonds. The number of methoxy groups -OCH3 is 1. The summed E-state index contributed by atoms with van der Waals surface area (Å²) in [5, 5.41) is 10.9. The van der Waals surface area contributed by atoms with E-state index in [2.05, 4.69) is 15.5 Å². The van der Waals surface area contributed by atoms with E-state index in [0.717, 1.165) is 5.56 Å². The molecular formula is C19H19N5O4. The van der Waals surface area contributed by atoms with Gasteiger partial charge >= 0.3 is 5.97 Å². The number of ether oxygens (including phenoxy) is 2. The van der Waals surface area contributed by atoms with Crippen LogP contribution in [0.3, 0.4) is 0 Å². The molecule has 0 unspecified atom stereocenters. The van der Waals surface area contributed by atoms with Gasteiger partial charge in [0.2, 0.25) is 0 Å². The van der Waals surface area contributed by atoms with Gasteiger partial charge < -0.3 is 14.4 Å². The molecular weight excluding hydrogens is 362 g/mol. The summed E-state index contributed by atoms with van der Waals surface area (Å²) in [4.78, 5) is 26.1. The summed E-state index contributed by atoms with van der Waals surface area (Å²) in [5.41, 5.74) is 1.77. The Hall–Kier alpha value is -3.75. The number of hydrogen-bond donors (Lipinski definition) is 0. The van der Waals surface area contributed by atoms with Crippen molar-refractivity contribution in [1.29, 1.82) is 0 Å². The van der Waals surface area contributed by atoms with Crippen molar-refractivity contribution < 1.29 is 19.1 Å². The van der Waals surface area contributed by atoms with Crippen molar-refractivity contribution in [2.24, 2.45) is 0 Å².